The van der Waals surface area contributed by atoms with Crippen LogP contribution in [0, 0.1) is 5.92 Å². The van der Waals surface area contributed by atoms with Gasteiger partial charge >= 0.3 is 5.97 Å². The molecule has 0 fully saturated rings. The van der Waals surface area contributed by atoms with Crippen LogP contribution in [0.1, 0.15) is 18.9 Å². The summed E-state index contributed by atoms with van der Waals surface area (Å²) in [5.41, 5.74) is 6.76. The van der Waals surface area contributed by atoms with Crippen LogP contribution in [0.5, 0.6) is 0 Å². The van der Waals surface area contributed by atoms with Crippen molar-refractivity contribution in [3.05, 3.63) is 35.9 Å². The van der Waals surface area contributed by atoms with E-state index < -0.39 is 12.0 Å². The molecule has 3 N–H and O–H groups in total. The Bertz CT molecular complexity index is 311. The number of carbonyl (C=O) groups is 1. The second-order valence-corrected chi connectivity index (χ2v) is 3.72. The molecule has 3 nitrogen and oxygen atoms in total. The third kappa shape index (κ3) is 3.36. The highest BCUT2D eigenvalue weighted by Crippen LogP contribution is 2.15. The molecule has 0 saturated heterocycles. The van der Waals surface area contributed by atoms with Crippen LogP contribution >= 0.6 is 0 Å². The molecule has 0 aliphatic rings. The molecule has 1 rings (SSSR count). The molecule has 0 aromatic heterocycles. The molecular weight excluding hydrogens is 190 g/mol. The van der Waals surface area contributed by atoms with Crippen LogP contribution in [0.3, 0.4) is 0 Å². The summed E-state index contributed by atoms with van der Waals surface area (Å²) in [4.78, 5) is 10.8. The molecule has 0 spiro atoms. The maximum absolute atomic E-state index is 10.8. The largest absolute Gasteiger partial charge is 0.480 e. The number of benzene rings is 1. The molecule has 1 unspecified atom stereocenters. The topological polar surface area (TPSA) is 63.3 Å². The van der Waals surface area contributed by atoms with Gasteiger partial charge in [0.1, 0.15) is 6.04 Å². The van der Waals surface area contributed by atoms with E-state index in [1.807, 2.05) is 37.3 Å². The van der Waals surface area contributed by atoms with Crippen molar-refractivity contribution in [1.82, 2.24) is 0 Å². The molecule has 0 amide bonds. The van der Waals surface area contributed by atoms with Gasteiger partial charge in [0.05, 0.1) is 0 Å². The van der Waals surface area contributed by atoms with Crippen LogP contribution < -0.4 is 5.73 Å². The van der Waals surface area contributed by atoms with Gasteiger partial charge in [0.25, 0.3) is 0 Å². The fraction of sp³-hybridized carbons (Fsp3) is 0.417. The van der Waals surface area contributed by atoms with E-state index >= 15 is 0 Å². The van der Waals surface area contributed by atoms with Crippen molar-refractivity contribution in [3.63, 3.8) is 0 Å². The zero-order valence-electron chi connectivity index (χ0n) is 8.89. The average Bonchev–Trinajstić information content (AvgIpc) is 2.26. The third-order valence-corrected chi connectivity index (χ3v) is 2.66. The molecule has 1 aromatic carbocycles. The van der Waals surface area contributed by atoms with Gasteiger partial charge in [-0.3, -0.25) is 4.79 Å². The minimum Gasteiger partial charge on any atom is -0.480 e. The minimum atomic E-state index is -0.919. The number of hydrogen-bond donors (Lipinski definition) is 2. The maximum Gasteiger partial charge on any atom is 0.320 e. The molecule has 0 radical (unpaired) electrons. The van der Waals surface area contributed by atoms with Gasteiger partial charge in [-0.1, -0.05) is 43.7 Å². The summed E-state index contributed by atoms with van der Waals surface area (Å²) in [6.45, 7) is 1.97. The van der Waals surface area contributed by atoms with E-state index in [9.17, 15) is 4.79 Å². The van der Waals surface area contributed by atoms with Gasteiger partial charge in [-0.2, -0.15) is 0 Å². The molecule has 0 aliphatic heterocycles. The van der Waals surface area contributed by atoms with E-state index in [-0.39, 0.29) is 5.92 Å². The number of rotatable bonds is 5. The van der Waals surface area contributed by atoms with E-state index in [2.05, 4.69) is 0 Å². The minimum absolute atomic E-state index is 0.00454. The van der Waals surface area contributed by atoms with Crippen LogP contribution in [-0.2, 0) is 11.2 Å². The highest BCUT2D eigenvalue weighted by Gasteiger charge is 2.22. The average molecular weight is 207 g/mol. The Morgan fingerprint density at radius 2 is 2.00 bits per heavy atom. The first-order valence-corrected chi connectivity index (χ1v) is 5.17. The van der Waals surface area contributed by atoms with E-state index in [0.29, 0.717) is 0 Å². The monoisotopic (exact) mass is 207 g/mol. The van der Waals surface area contributed by atoms with Gasteiger partial charge in [0.15, 0.2) is 0 Å². The fourth-order valence-electron chi connectivity index (χ4n) is 1.64. The lowest BCUT2D eigenvalue weighted by Gasteiger charge is -2.18. The Balaban J connectivity index is 2.66. The molecule has 2 atom stereocenters. The Morgan fingerprint density at radius 1 is 1.40 bits per heavy atom. The Kier molecular flexibility index (Phi) is 4.31. The van der Waals surface area contributed by atoms with Gasteiger partial charge < -0.3 is 10.8 Å². The van der Waals surface area contributed by atoms with E-state index in [4.69, 9.17) is 10.8 Å². The Labute approximate surface area is 89.9 Å². The second-order valence-electron chi connectivity index (χ2n) is 3.72. The number of carboxylic acid groups (broad SMARTS) is 1. The van der Waals surface area contributed by atoms with Crippen LogP contribution in [0.25, 0.3) is 0 Å². The summed E-state index contributed by atoms with van der Waals surface area (Å²) in [5, 5.41) is 8.84. The first-order chi connectivity index (χ1) is 7.15. The lowest BCUT2D eigenvalue weighted by atomic mass is 9.90. The molecule has 0 saturated carbocycles. The molecule has 1 aromatic rings. The summed E-state index contributed by atoms with van der Waals surface area (Å²) in [6, 6.07) is 9.08. The molecule has 0 bridgehead atoms. The highest BCUT2D eigenvalue weighted by atomic mass is 16.4. The quantitative estimate of drug-likeness (QED) is 0.772. The number of hydrogen-bond acceptors (Lipinski definition) is 2. The Morgan fingerprint density at radius 3 is 2.47 bits per heavy atom. The van der Waals surface area contributed by atoms with Crippen molar-refractivity contribution in [1.29, 1.82) is 0 Å². The van der Waals surface area contributed by atoms with Crippen molar-refractivity contribution in [2.75, 3.05) is 0 Å². The van der Waals surface area contributed by atoms with E-state index in [1.54, 1.807) is 0 Å². The van der Waals surface area contributed by atoms with Gasteiger partial charge in [-0.05, 0) is 17.9 Å². The van der Waals surface area contributed by atoms with Crippen molar-refractivity contribution < 1.29 is 9.90 Å². The number of carboxylic acids is 1. The van der Waals surface area contributed by atoms with Gasteiger partial charge in [0, 0.05) is 0 Å². The summed E-state index contributed by atoms with van der Waals surface area (Å²) >= 11 is 0. The summed E-state index contributed by atoms with van der Waals surface area (Å²) in [6.07, 6.45) is 1.51. The smallest absolute Gasteiger partial charge is 0.320 e. The predicted molar refractivity (Wildman–Crippen MR) is 59.5 cm³/mol. The van der Waals surface area contributed by atoms with Gasteiger partial charge in [-0.25, -0.2) is 0 Å². The van der Waals surface area contributed by atoms with Crippen molar-refractivity contribution in [3.8, 4) is 0 Å². The molecular formula is C12H17NO2. The zero-order chi connectivity index (χ0) is 11.3. The maximum atomic E-state index is 10.8. The molecule has 0 heterocycles. The normalized spacial score (nSPS) is 14.5. The van der Waals surface area contributed by atoms with E-state index in [0.717, 1.165) is 18.4 Å². The first-order valence-electron chi connectivity index (χ1n) is 5.17. The van der Waals surface area contributed by atoms with Gasteiger partial charge in [-0.15, -0.1) is 0 Å². The summed E-state index contributed by atoms with van der Waals surface area (Å²) in [5.74, 6) is -0.914. The molecule has 15 heavy (non-hydrogen) atoms. The van der Waals surface area contributed by atoms with Crippen molar-refractivity contribution >= 4 is 5.97 Å². The molecule has 0 aliphatic carbocycles. The summed E-state index contributed by atoms with van der Waals surface area (Å²) in [7, 11) is 0. The fourth-order valence-corrected chi connectivity index (χ4v) is 1.64. The third-order valence-electron chi connectivity index (χ3n) is 2.66. The lowest BCUT2D eigenvalue weighted by molar-refractivity contribution is -0.139. The van der Waals surface area contributed by atoms with Crippen molar-refractivity contribution in [2.45, 2.75) is 25.8 Å². The second kappa shape index (κ2) is 5.51. The lowest BCUT2D eigenvalue weighted by Crippen LogP contribution is -2.38. The SMILES string of the molecule is CCC(Cc1ccccc1)[C@H](N)C(=O)O. The first kappa shape index (κ1) is 11.7. The highest BCUT2D eigenvalue weighted by molar-refractivity contribution is 5.73. The molecule has 3 heteroatoms. The van der Waals surface area contributed by atoms with Crippen LogP contribution in [0.15, 0.2) is 30.3 Å². The number of aliphatic carboxylic acids is 1. The predicted octanol–water partition coefficient (Wildman–Crippen LogP) is 1.67. The summed E-state index contributed by atoms with van der Waals surface area (Å²) < 4.78 is 0. The van der Waals surface area contributed by atoms with Crippen LogP contribution in [-0.4, -0.2) is 17.1 Å². The van der Waals surface area contributed by atoms with Crippen molar-refractivity contribution in [2.24, 2.45) is 11.7 Å². The zero-order valence-corrected chi connectivity index (χ0v) is 8.89. The standard InChI is InChI=1S/C12H17NO2/c1-2-10(11(13)12(14)15)8-9-6-4-3-5-7-9/h3-7,10-11H,2,8,13H2,1H3,(H,14,15)/t10?,11-/m0/s1. The van der Waals surface area contributed by atoms with Crippen LogP contribution in [0.4, 0.5) is 0 Å². The van der Waals surface area contributed by atoms with E-state index in [1.165, 1.54) is 0 Å². The van der Waals surface area contributed by atoms with Crippen LogP contribution in [0.2, 0.25) is 0 Å². The Hall–Kier alpha value is -1.35. The van der Waals surface area contributed by atoms with Gasteiger partial charge in [0.2, 0.25) is 0 Å². The number of nitrogens with two attached hydrogens (primary N) is 1. The molecule has 82 valence electrons.